The number of hydrogen-bond acceptors (Lipinski definition) is 14. The monoisotopic (exact) mass is 1060 g/mol. The van der Waals surface area contributed by atoms with Crippen LogP contribution in [-0.2, 0) is 48.0 Å². The van der Waals surface area contributed by atoms with Crippen LogP contribution in [-0.4, -0.2) is 167 Å². The van der Waals surface area contributed by atoms with E-state index >= 15 is 4.79 Å². The number of piperazine rings is 1. The number of likely N-dealkylation sites (tertiary alicyclic amines) is 2. The van der Waals surface area contributed by atoms with Crippen molar-refractivity contribution >= 4 is 51.6 Å². The number of aryl methyl sites for hydroxylation is 1. The molecule has 76 heavy (non-hydrogen) atoms. The smallest absolute Gasteiger partial charge is 0.324 e. The predicted molar refractivity (Wildman–Crippen MR) is 293 cm³/mol. The molecule has 18 heteroatoms. The molecule has 3 aromatic heterocycles. The average molecular weight is 1060 g/mol. The lowest BCUT2D eigenvalue weighted by atomic mass is 9.84. The van der Waals surface area contributed by atoms with Crippen LogP contribution in [0.2, 0.25) is 0 Å². The first-order valence-electron chi connectivity index (χ1n) is 28.7. The Bertz CT molecular complexity index is 2850. The first-order valence-corrected chi connectivity index (χ1v) is 29.6. The maximum Gasteiger partial charge on any atom is 0.324 e. The second-order valence-corrected chi connectivity index (χ2v) is 25.3. The van der Waals surface area contributed by atoms with Gasteiger partial charge >= 0.3 is 5.97 Å². The topological polar surface area (TPSA) is 180 Å². The number of benzene rings is 1. The summed E-state index contributed by atoms with van der Waals surface area (Å²) in [5, 5.41) is 12.0. The Balaban J connectivity index is 0.889. The Hall–Kier alpha value is -4.98. The Kier molecular flexibility index (Phi) is 14.3. The van der Waals surface area contributed by atoms with Gasteiger partial charge in [0.05, 0.1) is 58.8 Å². The third-order valence-electron chi connectivity index (χ3n) is 18.4. The van der Waals surface area contributed by atoms with E-state index < -0.39 is 23.5 Å². The van der Waals surface area contributed by atoms with Crippen molar-refractivity contribution < 1.29 is 28.7 Å². The van der Waals surface area contributed by atoms with Gasteiger partial charge in [0.1, 0.15) is 12.1 Å². The number of fused-ring (bicyclic) bond motifs is 6. The van der Waals surface area contributed by atoms with Gasteiger partial charge in [-0.1, -0.05) is 32.8 Å². The molecule has 6 aliphatic heterocycles. The molecule has 9 heterocycles. The summed E-state index contributed by atoms with van der Waals surface area (Å²) in [6.07, 6.45) is 12.3. The number of carbonyl (C=O) groups is 4. The van der Waals surface area contributed by atoms with E-state index in [4.69, 9.17) is 19.4 Å². The number of rotatable bonds is 11. The van der Waals surface area contributed by atoms with E-state index in [1.165, 1.54) is 24.2 Å². The van der Waals surface area contributed by atoms with Gasteiger partial charge < -0.3 is 34.5 Å². The minimum absolute atomic E-state index is 0.0332. The number of thiazole rings is 1. The van der Waals surface area contributed by atoms with Gasteiger partial charge in [-0.05, 0) is 108 Å². The Morgan fingerprint density at radius 3 is 2.51 bits per heavy atom. The van der Waals surface area contributed by atoms with E-state index in [1.54, 1.807) is 12.1 Å². The lowest BCUT2D eigenvalue weighted by Gasteiger charge is -2.37. The molecule has 3 N–H and O–H groups in total. The number of cyclic esters (lactones) is 1. The van der Waals surface area contributed by atoms with Gasteiger partial charge in [0.15, 0.2) is 0 Å². The zero-order valence-corrected chi connectivity index (χ0v) is 46.2. The molecule has 1 aromatic carbocycles. The summed E-state index contributed by atoms with van der Waals surface area (Å²) in [6, 6.07) is 7.61. The Labute approximate surface area is 451 Å². The van der Waals surface area contributed by atoms with Gasteiger partial charge in [-0.3, -0.25) is 39.0 Å². The minimum Gasteiger partial charge on any atom is -0.464 e. The van der Waals surface area contributed by atoms with Crippen molar-refractivity contribution in [1.29, 1.82) is 0 Å². The van der Waals surface area contributed by atoms with Crippen LogP contribution in [0.15, 0.2) is 35.8 Å². The highest BCUT2D eigenvalue weighted by Crippen LogP contribution is 2.45. The highest BCUT2D eigenvalue weighted by atomic mass is 32.1. The van der Waals surface area contributed by atoms with Gasteiger partial charge in [-0.2, -0.15) is 0 Å². The van der Waals surface area contributed by atoms with E-state index in [0.29, 0.717) is 25.8 Å². The molecule has 4 aromatic rings. The normalized spacial score (nSPS) is 27.5. The summed E-state index contributed by atoms with van der Waals surface area (Å²) in [4.78, 5) is 77.5. The third-order valence-corrected chi connectivity index (χ3v) is 19.3. The fraction of sp³-hybridized carbons (Fsp3) is 0.655. The number of amides is 3. The van der Waals surface area contributed by atoms with Crippen molar-refractivity contribution in [2.75, 3.05) is 84.1 Å². The molecule has 2 saturated carbocycles. The summed E-state index contributed by atoms with van der Waals surface area (Å²) < 4.78 is 14.8. The lowest BCUT2D eigenvalue weighted by Crippen LogP contribution is -2.62. The van der Waals surface area contributed by atoms with Crippen LogP contribution < -0.4 is 21.0 Å². The number of hydrazine groups is 1. The number of anilines is 1. The van der Waals surface area contributed by atoms with E-state index in [1.807, 2.05) is 11.1 Å². The SMILES string of the molecule is CCn1c(-c2cc(N3CCN(C4CC4)CC3)cnc2[C@H](C)OC)c2c3cc(ccc31)-c1csc(n1)C[C@H](NC(=O)C(C1CCCC1)N1CC[C@]3(CCN(C(=O)[C@H]4CN4)C3)C1)C(=O)N1CCC[C@H](N1)C(=O)OCC(C)(C)C2. The summed E-state index contributed by atoms with van der Waals surface area (Å²) in [6.45, 7) is 17.7. The van der Waals surface area contributed by atoms with E-state index in [2.05, 4.69) is 92.7 Å². The average Bonchev–Trinajstić information content (AvgIpc) is 4.19. The molecule has 1 spiro atoms. The number of nitrogens with zero attached hydrogens (tertiary/aromatic N) is 8. The third kappa shape index (κ3) is 10.3. The highest BCUT2D eigenvalue weighted by Gasteiger charge is 2.50. The van der Waals surface area contributed by atoms with Crippen LogP contribution in [0.25, 0.3) is 33.4 Å². The highest BCUT2D eigenvalue weighted by molar-refractivity contribution is 7.10. The standard InChI is InChI=1S/C58H79N11O6S/c1-6-68-48-16-13-38-26-41(48)43(52(68)42-27-40(30-60-50(42)36(2)74-5)65-24-22-64(23-25-65)39-14-15-39)29-57(3,4)35-75-56(73)44-12-9-19-69(63-44)55(72)45(28-49-61-47(38)32-76-49)62-53(70)51(37-10-7-8-11-37)66-20-17-58(33-66)18-21-67(34-58)54(71)46-31-59-46/h13,16,26-27,30,32,36-37,39,44-46,51,59,63H,6-12,14-15,17-25,28-29,31,33-35H2,1-5H3,(H,62,70)/t36-,44-,45-,46+,51?,58-/m0/s1. The molecule has 1 unspecified atom stereocenters. The van der Waals surface area contributed by atoms with Crippen molar-refractivity contribution in [3.63, 3.8) is 0 Å². The number of ether oxygens (including phenoxy) is 2. The van der Waals surface area contributed by atoms with Crippen molar-refractivity contribution in [2.24, 2.45) is 16.7 Å². The number of carbonyl (C=O) groups excluding carboxylic acids is 4. The number of methoxy groups -OCH3 is 1. The molecule has 6 atom stereocenters. The van der Waals surface area contributed by atoms with Gasteiger partial charge in [-0.15, -0.1) is 11.3 Å². The Morgan fingerprint density at radius 1 is 0.974 bits per heavy atom. The molecule has 5 saturated heterocycles. The van der Waals surface area contributed by atoms with Crippen LogP contribution in [0.4, 0.5) is 5.69 Å². The molecule has 3 amide bonds. The molecule has 0 radical (unpaired) electrons. The van der Waals surface area contributed by atoms with Gasteiger partial charge in [0.25, 0.3) is 5.91 Å². The quantitative estimate of drug-likeness (QED) is 0.119. The van der Waals surface area contributed by atoms with Crippen LogP contribution >= 0.6 is 11.3 Å². The van der Waals surface area contributed by atoms with E-state index in [0.717, 1.165) is 165 Å². The van der Waals surface area contributed by atoms with Crippen LogP contribution in [0.3, 0.4) is 0 Å². The lowest BCUT2D eigenvalue weighted by molar-refractivity contribution is -0.155. The van der Waals surface area contributed by atoms with Gasteiger partial charge in [0, 0.05) is 123 Å². The predicted octanol–water partition coefficient (Wildman–Crippen LogP) is 5.94. The first kappa shape index (κ1) is 51.8. The maximum absolute atomic E-state index is 15.1. The maximum atomic E-state index is 15.1. The molecule has 6 bridgehead atoms. The molecule has 12 rings (SSSR count). The second-order valence-electron chi connectivity index (χ2n) is 24.4. The van der Waals surface area contributed by atoms with Gasteiger partial charge in [-0.25, -0.2) is 10.4 Å². The summed E-state index contributed by atoms with van der Waals surface area (Å²) in [5.41, 5.74) is 10.9. The van der Waals surface area contributed by atoms with Crippen LogP contribution in [0, 0.1) is 16.7 Å². The van der Waals surface area contributed by atoms with Crippen molar-refractivity contribution in [2.45, 2.75) is 148 Å². The first-order chi connectivity index (χ1) is 36.8. The molecule has 17 nitrogen and oxygen atoms in total. The summed E-state index contributed by atoms with van der Waals surface area (Å²) in [7, 11) is 1.74. The fourth-order valence-electron chi connectivity index (χ4n) is 13.9. The summed E-state index contributed by atoms with van der Waals surface area (Å²) in [5.74, 6) is -0.432. The van der Waals surface area contributed by atoms with Crippen molar-refractivity contribution in [3.8, 4) is 22.5 Å². The molecule has 7 fully saturated rings. The summed E-state index contributed by atoms with van der Waals surface area (Å²) >= 11 is 1.51. The van der Waals surface area contributed by atoms with Crippen molar-refractivity contribution in [1.82, 2.24) is 50.3 Å². The van der Waals surface area contributed by atoms with E-state index in [9.17, 15) is 14.4 Å². The van der Waals surface area contributed by atoms with Crippen LogP contribution in [0.1, 0.15) is 114 Å². The number of aromatic nitrogens is 3. The second kappa shape index (κ2) is 21.0. The number of nitrogens with one attached hydrogen (secondary N) is 3. The van der Waals surface area contributed by atoms with Crippen molar-refractivity contribution in [3.05, 3.63) is 52.1 Å². The zero-order chi connectivity index (χ0) is 52.5. The molecular formula is C58H79N11O6S. The minimum atomic E-state index is -0.928. The zero-order valence-electron chi connectivity index (χ0n) is 45.4. The molecule has 8 aliphatic rings. The molecule has 2 aliphatic carbocycles. The van der Waals surface area contributed by atoms with E-state index in [-0.39, 0.29) is 60.3 Å². The molecule has 408 valence electrons. The number of esters is 1. The number of hydrogen-bond donors (Lipinski definition) is 3. The largest absolute Gasteiger partial charge is 0.464 e. The van der Waals surface area contributed by atoms with Gasteiger partial charge in [0.2, 0.25) is 11.8 Å². The Morgan fingerprint density at radius 2 is 1.76 bits per heavy atom. The molecular weight excluding hydrogens is 979 g/mol. The fourth-order valence-corrected chi connectivity index (χ4v) is 14.7. The number of pyridine rings is 1. The van der Waals surface area contributed by atoms with Crippen LogP contribution in [0.5, 0.6) is 0 Å².